The molecule has 6 heteroatoms. The van der Waals surface area contributed by atoms with E-state index in [0.717, 1.165) is 29.6 Å². The predicted octanol–water partition coefficient (Wildman–Crippen LogP) is 1.87. The van der Waals surface area contributed by atoms with Crippen LogP contribution in [0.1, 0.15) is 29.7 Å². The van der Waals surface area contributed by atoms with Crippen molar-refractivity contribution in [3.8, 4) is 0 Å². The van der Waals surface area contributed by atoms with Crippen molar-refractivity contribution < 1.29 is 0 Å². The number of thiophene rings is 1. The summed E-state index contributed by atoms with van der Waals surface area (Å²) < 4.78 is 1.80. The first-order chi connectivity index (χ1) is 10.1. The molecule has 0 unspecified atom stereocenters. The third-order valence-electron chi connectivity index (χ3n) is 4.12. The average molecular weight is 306 g/mol. The van der Waals surface area contributed by atoms with E-state index >= 15 is 0 Å². The fraction of sp³-hybridized carbons (Fsp3) is 0.600. The normalized spacial score (nSPS) is 15.4. The maximum atomic E-state index is 12.2. The molecular formula is C15H22N4OS. The molecule has 3 rings (SSSR count). The van der Waals surface area contributed by atoms with E-state index < -0.39 is 0 Å². The second-order valence-corrected chi connectivity index (χ2v) is 7.06. The number of nitrogen functional groups attached to an aromatic ring is 1. The summed E-state index contributed by atoms with van der Waals surface area (Å²) in [5.74, 6) is 0.413. The van der Waals surface area contributed by atoms with E-state index in [1.165, 1.54) is 29.7 Å². The minimum Gasteiger partial charge on any atom is -0.383 e. The highest BCUT2D eigenvalue weighted by Crippen LogP contribution is 2.37. The molecule has 0 saturated heterocycles. The van der Waals surface area contributed by atoms with E-state index in [1.807, 2.05) is 14.1 Å². The monoisotopic (exact) mass is 306 g/mol. The average Bonchev–Trinajstić information content (AvgIpc) is 2.62. The topological polar surface area (TPSA) is 64.2 Å². The zero-order valence-corrected chi connectivity index (χ0v) is 13.5. The van der Waals surface area contributed by atoms with Crippen LogP contribution in [-0.4, -0.2) is 35.1 Å². The zero-order valence-electron chi connectivity index (χ0n) is 12.7. The number of fused-ring (bicyclic) bond motifs is 3. The number of nitrogens with two attached hydrogens (primary N) is 1. The lowest BCUT2D eigenvalue weighted by Gasteiger charge is -2.12. The van der Waals surface area contributed by atoms with Crippen molar-refractivity contribution in [2.24, 2.45) is 0 Å². The summed E-state index contributed by atoms with van der Waals surface area (Å²) in [5.41, 5.74) is 7.19. The van der Waals surface area contributed by atoms with Crippen molar-refractivity contribution >= 4 is 27.4 Å². The third-order valence-corrected chi connectivity index (χ3v) is 5.44. The molecule has 5 nitrogen and oxygen atoms in total. The molecule has 2 N–H and O–H groups in total. The Labute approximate surface area is 128 Å². The molecule has 0 aliphatic heterocycles. The first-order valence-electron chi connectivity index (χ1n) is 7.53. The van der Waals surface area contributed by atoms with Gasteiger partial charge in [0, 0.05) is 18.0 Å². The van der Waals surface area contributed by atoms with Crippen LogP contribution in [0.15, 0.2) is 4.79 Å². The highest BCUT2D eigenvalue weighted by atomic mass is 32.1. The van der Waals surface area contributed by atoms with Crippen molar-refractivity contribution in [1.82, 2.24) is 14.5 Å². The molecule has 1 aliphatic carbocycles. The van der Waals surface area contributed by atoms with Crippen LogP contribution in [0.4, 0.5) is 5.82 Å². The highest BCUT2D eigenvalue weighted by molar-refractivity contribution is 7.19. The summed E-state index contributed by atoms with van der Waals surface area (Å²) in [4.78, 5) is 20.8. The van der Waals surface area contributed by atoms with Crippen LogP contribution in [0.25, 0.3) is 10.2 Å². The van der Waals surface area contributed by atoms with Crippen molar-refractivity contribution in [3.05, 3.63) is 20.9 Å². The summed E-state index contributed by atoms with van der Waals surface area (Å²) >= 11 is 1.74. The highest BCUT2D eigenvalue weighted by Gasteiger charge is 2.20. The van der Waals surface area contributed by atoms with Gasteiger partial charge in [0.05, 0.1) is 5.39 Å². The van der Waals surface area contributed by atoms with Crippen LogP contribution in [0.5, 0.6) is 0 Å². The molecule has 1 aliphatic rings. The first-order valence-corrected chi connectivity index (χ1v) is 8.35. The Morgan fingerprint density at radius 3 is 2.81 bits per heavy atom. The first kappa shape index (κ1) is 14.5. The van der Waals surface area contributed by atoms with Gasteiger partial charge in [-0.3, -0.25) is 4.57 Å². The summed E-state index contributed by atoms with van der Waals surface area (Å²) in [6.45, 7) is 1.48. The molecule has 0 spiro atoms. The molecule has 0 amide bonds. The van der Waals surface area contributed by atoms with Gasteiger partial charge in [-0.05, 0) is 45.3 Å². The van der Waals surface area contributed by atoms with E-state index in [1.54, 1.807) is 15.9 Å². The third kappa shape index (κ3) is 2.70. The van der Waals surface area contributed by atoms with Gasteiger partial charge in [-0.1, -0.05) is 6.42 Å². The number of aromatic nitrogens is 2. The van der Waals surface area contributed by atoms with Crippen molar-refractivity contribution in [2.45, 2.75) is 38.6 Å². The summed E-state index contributed by atoms with van der Waals surface area (Å²) in [5, 5.41) is 1.04. The van der Waals surface area contributed by atoms with Gasteiger partial charge >= 0.3 is 5.69 Å². The standard InChI is InChI=1S/C15H22N4OS/c1-18(2)8-9-19-14-12(13(16)17-15(19)20)10-6-4-3-5-7-11(10)21-14/h3-9H2,1-2H3,(H2,16,17,20). The van der Waals surface area contributed by atoms with Crippen molar-refractivity contribution in [1.29, 1.82) is 0 Å². The molecule has 0 saturated carbocycles. The summed E-state index contributed by atoms with van der Waals surface area (Å²) in [6.07, 6.45) is 5.88. The molecule has 0 radical (unpaired) electrons. The van der Waals surface area contributed by atoms with Gasteiger partial charge in [-0.15, -0.1) is 11.3 Å². The molecule has 2 aromatic heterocycles. The fourth-order valence-corrected chi connectivity index (χ4v) is 4.40. The Morgan fingerprint density at radius 2 is 2.05 bits per heavy atom. The molecule has 0 fully saturated rings. The second-order valence-electron chi connectivity index (χ2n) is 5.98. The van der Waals surface area contributed by atoms with Crippen LogP contribution in [0.2, 0.25) is 0 Å². The van der Waals surface area contributed by atoms with Gasteiger partial charge in [0.25, 0.3) is 0 Å². The summed E-state index contributed by atoms with van der Waals surface area (Å²) in [7, 11) is 4.02. The lowest BCUT2D eigenvalue weighted by atomic mass is 10.1. The smallest absolute Gasteiger partial charge is 0.350 e. The number of aryl methyl sites for hydroxylation is 2. The quantitative estimate of drug-likeness (QED) is 0.879. The van der Waals surface area contributed by atoms with Crippen molar-refractivity contribution in [3.63, 3.8) is 0 Å². The van der Waals surface area contributed by atoms with Gasteiger partial charge in [0.15, 0.2) is 0 Å². The number of nitrogens with zero attached hydrogens (tertiary/aromatic N) is 3. The molecule has 114 valence electrons. The van der Waals surface area contributed by atoms with Gasteiger partial charge in [0.2, 0.25) is 0 Å². The van der Waals surface area contributed by atoms with Gasteiger partial charge in [0.1, 0.15) is 10.6 Å². The van der Waals surface area contributed by atoms with E-state index in [4.69, 9.17) is 5.73 Å². The maximum absolute atomic E-state index is 12.2. The molecular weight excluding hydrogens is 284 g/mol. The van der Waals surface area contributed by atoms with Crippen LogP contribution >= 0.6 is 11.3 Å². The lowest BCUT2D eigenvalue weighted by Crippen LogP contribution is -2.28. The number of hydrogen-bond donors (Lipinski definition) is 1. The minimum atomic E-state index is -0.224. The molecule has 0 bridgehead atoms. The zero-order chi connectivity index (χ0) is 15.0. The van der Waals surface area contributed by atoms with E-state index in [0.29, 0.717) is 12.4 Å². The number of likely N-dealkylation sites (N-methyl/N-ethyl adjacent to an activating group) is 1. The van der Waals surface area contributed by atoms with Crippen LogP contribution in [0.3, 0.4) is 0 Å². The van der Waals surface area contributed by atoms with Crippen LogP contribution in [0, 0.1) is 0 Å². The number of hydrogen-bond acceptors (Lipinski definition) is 5. The van der Waals surface area contributed by atoms with Crippen molar-refractivity contribution in [2.75, 3.05) is 26.4 Å². The minimum absolute atomic E-state index is 0.224. The Bertz CT molecular complexity index is 717. The largest absolute Gasteiger partial charge is 0.383 e. The van der Waals surface area contributed by atoms with E-state index in [9.17, 15) is 4.79 Å². The molecule has 0 atom stereocenters. The van der Waals surface area contributed by atoms with Gasteiger partial charge in [-0.25, -0.2) is 4.79 Å². The lowest BCUT2D eigenvalue weighted by molar-refractivity contribution is 0.383. The molecule has 21 heavy (non-hydrogen) atoms. The fourth-order valence-electron chi connectivity index (χ4n) is 2.99. The number of rotatable bonds is 3. The van der Waals surface area contributed by atoms with E-state index in [-0.39, 0.29) is 5.69 Å². The predicted molar refractivity (Wildman–Crippen MR) is 88.1 cm³/mol. The van der Waals surface area contributed by atoms with Crippen LogP contribution < -0.4 is 11.4 Å². The SMILES string of the molecule is CN(C)CCn1c(=O)nc(N)c2c3c(sc21)CCCCC3. The Balaban J connectivity index is 2.17. The molecule has 0 aromatic carbocycles. The maximum Gasteiger partial charge on any atom is 0.350 e. The molecule has 2 heterocycles. The van der Waals surface area contributed by atoms with Gasteiger partial charge < -0.3 is 10.6 Å². The summed E-state index contributed by atoms with van der Waals surface area (Å²) in [6, 6.07) is 0. The Kier molecular flexibility index (Phi) is 3.99. The second kappa shape index (κ2) is 5.77. The van der Waals surface area contributed by atoms with E-state index in [2.05, 4.69) is 9.88 Å². The Morgan fingerprint density at radius 1 is 1.29 bits per heavy atom. The van der Waals surface area contributed by atoms with Gasteiger partial charge in [-0.2, -0.15) is 4.98 Å². The van der Waals surface area contributed by atoms with Crippen LogP contribution in [-0.2, 0) is 19.4 Å². The number of anilines is 1. The molecule has 2 aromatic rings. The Hall–Kier alpha value is -1.40.